The predicted octanol–water partition coefficient (Wildman–Crippen LogP) is 23.9. The Labute approximate surface area is 512 Å². The van der Waals surface area contributed by atoms with Crippen LogP contribution < -0.4 is 0 Å². The highest BCUT2D eigenvalue weighted by atomic mass is 16.6. The van der Waals surface area contributed by atoms with Gasteiger partial charge in [-0.3, -0.25) is 14.4 Å². The van der Waals surface area contributed by atoms with Crippen LogP contribution in [0.4, 0.5) is 0 Å². The lowest BCUT2D eigenvalue weighted by Gasteiger charge is -2.18. The van der Waals surface area contributed by atoms with E-state index in [9.17, 15) is 14.4 Å². The third-order valence-corrected chi connectivity index (χ3v) is 14.3. The first-order chi connectivity index (χ1) is 41.0. The van der Waals surface area contributed by atoms with Crippen LogP contribution in [0.5, 0.6) is 0 Å². The molecule has 0 saturated heterocycles. The molecule has 0 N–H and O–H groups in total. The number of unbranched alkanes of at least 4 members (excludes halogenated alkanes) is 26. The fourth-order valence-electron chi connectivity index (χ4n) is 9.27. The van der Waals surface area contributed by atoms with E-state index in [2.05, 4.69) is 167 Å². The second kappa shape index (κ2) is 69.8. The smallest absolute Gasteiger partial charge is 0.306 e. The number of ether oxygens (including phenoxy) is 3. The molecule has 470 valence electrons. The summed E-state index contributed by atoms with van der Waals surface area (Å²) >= 11 is 0. The maximum absolute atomic E-state index is 12.9. The fourth-order valence-corrected chi connectivity index (χ4v) is 9.27. The summed E-state index contributed by atoms with van der Waals surface area (Å²) in [5.41, 5.74) is 0. The molecule has 1 unspecified atom stereocenters. The topological polar surface area (TPSA) is 78.9 Å². The molecule has 0 bridgehead atoms. The molecule has 0 aromatic heterocycles. The van der Waals surface area contributed by atoms with E-state index < -0.39 is 6.10 Å². The molecule has 0 saturated carbocycles. The van der Waals surface area contributed by atoms with Crippen LogP contribution in [0.2, 0.25) is 0 Å². The van der Waals surface area contributed by atoms with Crippen molar-refractivity contribution in [3.8, 4) is 0 Å². The van der Waals surface area contributed by atoms with Gasteiger partial charge in [-0.25, -0.2) is 0 Å². The van der Waals surface area contributed by atoms with Gasteiger partial charge in [0, 0.05) is 19.3 Å². The van der Waals surface area contributed by atoms with E-state index in [0.717, 1.165) is 148 Å². The lowest BCUT2D eigenvalue weighted by molar-refractivity contribution is -0.167. The normalized spacial score (nSPS) is 13.0. The van der Waals surface area contributed by atoms with Crippen LogP contribution in [0.1, 0.15) is 303 Å². The molecule has 6 nitrogen and oxygen atoms in total. The van der Waals surface area contributed by atoms with Crippen LogP contribution in [0.3, 0.4) is 0 Å². The molecule has 0 heterocycles. The largest absolute Gasteiger partial charge is 0.462 e. The van der Waals surface area contributed by atoms with Crippen molar-refractivity contribution >= 4 is 17.9 Å². The van der Waals surface area contributed by atoms with E-state index in [1.54, 1.807) is 0 Å². The van der Waals surface area contributed by atoms with Gasteiger partial charge in [0.1, 0.15) is 13.2 Å². The standard InChI is InChI=1S/C77H126O6/c1-4-7-10-13-15-17-19-21-23-25-27-29-31-33-35-36-37-38-39-40-42-43-45-47-49-51-53-55-57-59-61-64-67-70-76(79)82-73-74(72-81-75(78)69-66-63-12-9-6-3)83-77(80)71-68-65-62-60-58-56-54-52-50-48-46-44-41-34-32-30-28-26-24-22-20-18-16-14-11-8-5-2/h7-8,10-11,15-18,21-24,27-30,33-35,37-38,41,46,48,74H,4-6,9,12-14,19-20,25-26,31-32,36,39-40,42-45,47,49-73H2,1-3H3/b10-7-,11-8-,17-15-,18-16-,23-21-,24-22-,29-27-,30-28-,35-33-,38-37-,41-34-,48-46-. The summed E-state index contributed by atoms with van der Waals surface area (Å²) in [5.74, 6) is -0.903. The summed E-state index contributed by atoms with van der Waals surface area (Å²) in [6.45, 7) is 6.33. The van der Waals surface area contributed by atoms with Gasteiger partial charge in [0.25, 0.3) is 0 Å². The molecule has 0 aliphatic rings. The predicted molar refractivity (Wildman–Crippen MR) is 362 cm³/mol. The molecule has 0 radical (unpaired) electrons. The Balaban J connectivity index is 4.04. The van der Waals surface area contributed by atoms with Crippen molar-refractivity contribution in [2.75, 3.05) is 13.2 Å². The minimum Gasteiger partial charge on any atom is -0.462 e. The van der Waals surface area contributed by atoms with Crippen molar-refractivity contribution in [3.63, 3.8) is 0 Å². The third-order valence-electron chi connectivity index (χ3n) is 14.3. The van der Waals surface area contributed by atoms with Crippen LogP contribution in [-0.2, 0) is 28.6 Å². The van der Waals surface area contributed by atoms with Crippen molar-refractivity contribution < 1.29 is 28.6 Å². The number of carbonyl (C=O) groups is 3. The minimum atomic E-state index is -0.784. The highest BCUT2D eigenvalue weighted by Crippen LogP contribution is 2.16. The first kappa shape index (κ1) is 78.3. The second-order valence-corrected chi connectivity index (χ2v) is 22.3. The van der Waals surface area contributed by atoms with Crippen molar-refractivity contribution in [3.05, 3.63) is 146 Å². The Morgan fingerprint density at radius 3 is 0.735 bits per heavy atom. The first-order valence-electron chi connectivity index (χ1n) is 34.3. The number of carbonyl (C=O) groups excluding carboxylic acids is 3. The highest BCUT2D eigenvalue weighted by molar-refractivity contribution is 5.71. The molecule has 1 atom stereocenters. The first-order valence-corrected chi connectivity index (χ1v) is 34.3. The number of esters is 3. The number of rotatable bonds is 61. The highest BCUT2D eigenvalue weighted by Gasteiger charge is 2.19. The van der Waals surface area contributed by atoms with Crippen molar-refractivity contribution in [2.24, 2.45) is 0 Å². The molecule has 6 heteroatoms. The molecule has 0 spiro atoms. The van der Waals surface area contributed by atoms with Crippen LogP contribution in [-0.4, -0.2) is 37.2 Å². The zero-order valence-corrected chi connectivity index (χ0v) is 53.9. The van der Waals surface area contributed by atoms with Crippen molar-refractivity contribution in [1.29, 1.82) is 0 Å². The summed E-state index contributed by atoms with van der Waals surface area (Å²) in [4.78, 5) is 38.0. The molecule has 0 aromatic carbocycles. The van der Waals surface area contributed by atoms with E-state index in [-0.39, 0.29) is 31.1 Å². The lowest BCUT2D eigenvalue weighted by Crippen LogP contribution is -2.30. The zero-order valence-electron chi connectivity index (χ0n) is 53.9. The summed E-state index contributed by atoms with van der Waals surface area (Å²) in [6.07, 6.45) is 101. The Kier molecular flexibility index (Phi) is 65.8. The van der Waals surface area contributed by atoms with Crippen LogP contribution in [0.15, 0.2) is 146 Å². The van der Waals surface area contributed by atoms with E-state index >= 15 is 0 Å². The summed E-state index contributed by atoms with van der Waals surface area (Å²) in [6, 6.07) is 0. The van der Waals surface area contributed by atoms with Gasteiger partial charge in [-0.1, -0.05) is 308 Å². The van der Waals surface area contributed by atoms with Crippen LogP contribution >= 0.6 is 0 Å². The molecule has 0 aromatic rings. The maximum Gasteiger partial charge on any atom is 0.306 e. The van der Waals surface area contributed by atoms with Gasteiger partial charge in [-0.2, -0.15) is 0 Å². The van der Waals surface area contributed by atoms with Crippen LogP contribution in [0, 0.1) is 0 Å². The SMILES string of the molecule is CC/C=C\C/C=C\C/C=C\C/C=C\C/C=C\C/C=C\CCCCCCCCCCCCCCCCC(=O)OCC(COC(=O)CCCCCCC)OC(=O)CCCCCCCCCC/C=C\C/C=C\C/C=C\C/C=C\C/C=C\C/C=C\CC. The monoisotopic (exact) mass is 1150 g/mol. The average molecular weight is 1150 g/mol. The molecule has 0 aliphatic carbocycles. The Morgan fingerprint density at radius 1 is 0.253 bits per heavy atom. The van der Waals surface area contributed by atoms with Gasteiger partial charge in [0.15, 0.2) is 6.10 Å². The van der Waals surface area contributed by atoms with Crippen molar-refractivity contribution in [1.82, 2.24) is 0 Å². The molecule has 83 heavy (non-hydrogen) atoms. The third kappa shape index (κ3) is 68.0. The minimum absolute atomic E-state index is 0.0838. The summed E-state index contributed by atoms with van der Waals surface area (Å²) < 4.78 is 16.8. The number of allylic oxidation sites excluding steroid dienone is 24. The maximum atomic E-state index is 12.9. The zero-order chi connectivity index (χ0) is 59.9. The Bertz CT molecular complexity index is 1800. The Hall–Kier alpha value is -4.71. The summed E-state index contributed by atoms with van der Waals surface area (Å²) in [5, 5.41) is 0. The van der Waals surface area contributed by atoms with E-state index in [1.807, 2.05) is 0 Å². The molecule has 0 rings (SSSR count). The van der Waals surface area contributed by atoms with E-state index in [0.29, 0.717) is 19.3 Å². The molecule has 0 amide bonds. The fraction of sp³-hybridized carbons (Fsp3) is 0.649. The lowest BCUT2D eigenvalue weighted by atomic mass is 10.0. The van der Waals surface area contributed by atoms with E-state index in [1.165, 1.54) is 116 Å². The molecule has 0 aliphatic heterocycles. The van der Waals surface area contributed by atoms with Gasteiger partial charge in [-0.15, -0.1) is 0 Å². The van der Waals surface area contributed by atoms with Gasteiger partial charge in [0.2, 0.25) is 0 Å². The van der Waals surface area contributed by atoms with E-state index in [4.69, 9.17) is 14.2 Å². The van der Waals surface area contributed by atoms with Gasteiger partial charge in [-0.05, 0) is 122 Å². The molecular weight excluding hydrogens is 1020 g/mol. The number of hydrogen-bond donors (Lipinski definition) is 0. The quantitative estimate of drug-likeness (QED) is 0.0261. The molecule has 0 fully saturated rings. The number of hydrogen-bond acceptors (Lipinski definition) is 6. The second-order valence-electron chi connectivity index (χ2n) is 22.3. The summed E-state index contributed by atoms with van der Waals surface area (Å²) in [7, 11) is 0. The van der Waals surface area contributed by atoms with Crippen LogP contribution in [0.25, 0.3) is 0 Å². The van der Waals surface area contributed by atoms with Gasteiger partial charge >= 0.3 is 17.9 Å². The van der Waals surface area contributed by atoms with Gasteiger partial charge < -0.3 is 14.2 Å². The van der Waals surface area contributed by atoms with Gasteiger partial charge in [0.05, 0.1) is 0 Å². The average Bonchev–Trinajstić information content (AvgIpc) is 3.49. The Morgan fingerprint density at radius 2 is 0.470 bits per heavy atom. The van der Waals surface area contributed by atoms with Crippen molar-refractivity contribution in [2.45, 2.75) is 309 Å². The molecular formula is C77H126O6.